The fourth-order valence-electron chi connectivity index (χ4n) is 2.22. The van der Waals surface area contributed by atoms with E-state index in [2.05, 4.69) is 5.16 Å². The molecule has 0 amide bonds. The number of hydrogen-bond acceptors (Lipinski definition) is 4. The molecule has 96 valence electrons. The van der Waals surface area contributed by atoms with Crippen LogP contribution in [-0.4, -0.2) is 29.7 Å². The first-order chi connectivity index (χ1) is 8.56. The van der Waals surface area contributed by atoms with Gasteiger partial charge in [-0.05, 0) is 31.0 Å². The highest BCUT2D eigenvalue weighted by Gasteiger charge is 2.24. The Balaban J connectivity index is 2.71. The molecule has 1 N–H and O–H groups in total. The zero-order valence-corrected chi connectivity index (χ0v) is 11.4. The second-order valence-corrected chi connectivity index (χ2v) is 5.30. The smallest absolute Gasteiger partial charge is 0.335 e. The van der Waals surface area contributed by atoms with Crippen molar-refractivity contribution in [3.63, 3.8) is 0 Å². The van der Waals surface area contributed by atoms with E-state index in [0.717, 1.165) is 39.5 Å². The minimum absolute atomic E-state index is 0.345. The minimum Gasteiger partial charge on any atom is -0.478 e. The van der Waals surface area contributed by atoms with Crippen molar-refractivity contribution in [3.05, 3.63) is 28.3 Å². The van der Waals surface area contributed by atoms with Crippen molar-refractivity contribution in [2.75, 3.05) is 12.9 Å². The Morgan fingerprint density at radius 3 is 2.83 bits per heavy atom. The van der Waals surface area contributed by atoms with E-state index in [1.807, 2.05) is 13.8 Å². The Kier molecular flexibility index (Phi) is 3.61. The van der Waals surface area contributed by atoms with E-state index in [4.69, 9.17) is 4.84 Å². The predicted molar refractivity (Wildman–Crippen MR) is 71.8 cm³/mol. The fourth-order valence-corrected chi connectivity index (χ4v) is 3.43. The first-order valence-electron chi connectivity index (χ1n) is 5.67. The molecule has 1 aromatic rings. The summed E-state index contributed by atoms with van der Waals surface area (Å²) in [5, 5.41) is 13.3. The summed E-state index contributed by atoms with van der Waals surface area (Å²) in [6.07, 6.45) is 0.800. The number of thioether (sulfide) groups is 1. The molecular formula is C13H15NO3S. The molecule has 0 aliphatic carbocycles. The highest BCUT2D eigenvalue weighted by Crippen LogP contribution is 2.36. The standard InChI is InChI=1S/C13H15NO3S/c1-7-6-9(13(15)16)8(2)11-10(14-17-3)4-5-18-12(7)11/h6H,4-5H2,1-3H3,(H,15,16). The van der Waals surface area contributed by atoms with Crippen molar-refractivity contribution in [1.29, 1.82) is 0 Å². The molecular weight excluding hydrogens is 250 g/mol. The van der Waals surface area contributed by atoms with Crippen molar-refractivity contribution in [3.8, 4) is 0 Å². The van der Waals surface area contributed by atoms with Crippen molar-refractivity contribution in [2.24, 2.45) is 5.16 Å². The number of carboxylic acids is 1. The van der Waals surface area contributed by atoms with Crippen LogP contribution in [0.15, 0.2) is 16.1 Å². The molecule has 0 radical (unpaired) electrons. The lowest BCUT2D eigenvalue weighted by atomic mass is 9.94. The summed E-state index contributed by atoms with van der Waals surface area (Å²) in [7, 11) is 1.51. The highest BCUT2D eigenvalue weighted by molar-refractivity contribution is 7.99. The number of nitrogens with zero attached hydrogens (tertiary/aromatic N) is 1. The van der Waals surface area contributed by atoms with Crippen LogP contribution >= 0.6 is 11.8 Å². The van der Waals surface area contributed by atoms with Crippen LogP contribution in [0.5, 0.6) is 0 Å². The lowest BCUT2D eigenvalue weighted by molar-refractivity contribution is 0.0696. The molecule has 0 atom stereocenters. The fraction of sp³-hybridized carbons (Fsp3) is 0.385. The number of oxime groups is 1. The summed E-state index contributed by atoms with van der Waals surface area (Å²) in [4.78, 5) is 17.2. The first kappa shape index (κ1) is 13.0. The number of carboxylic acid groups (broad SMARTS) is 1. The van der Waals surface area contributed by atoms with Crippen LogP contribution in [0.2, 0.25) is 0 Å². The van der Waals surface area contributed by atoms with Gasteiger partial charge in [-0.3, -0.25) is 0 Å². The third kappa shape index (κ3) is 2.10. The van der Waals surface area contributed by atoms with Crippen LogP contribution in [0.4, 0.5) is 0 Å². The van der Waals surface area contributed by atoms with E-state index in [-0.39, 0.29) is 0 Å². The second kappa shape index (κ2) is 5.02. The van der Waals surface area contributed by atoms with E-state index >= 15 is 0 Å². The van der Waals surface area contributed by atoms with Gasteiger partial charge >= 0.3 is 5.97 Å². The number of fused-ring (bicyclic) bond motifs is 1. The van der Waals surface area contributed by atoms with Gasteiger partial charge < -0.3 is 9.94 Å². The Morgan fingerprint density at radius 1 is 1.50 bits per heavy atom. The monoisotopic (exact) mass is 265 g/mol. The summed E-state index contributed by atoms with van der Waals surface area (Å²) in [5.74, 6) is 0.0489. The van der Waals surface area contributed by atoms with E-state index in [9.17, 15) is 9.90 Å². The number of rotatable bonds is 2. The molecule has 5 heteroatoms. The van der Waals surface area contributed by atoms with Crippen molar-refractivity contribution in [2.45, 2.75) is 25.2 Å². The molecule has 18 heavy (non-hydrogen) atoms. The number of carbonyl (C=O) groups is 1. The van der Waals surface area contributed by atoms with E-state index in [1.165, 1.54) is 7.11 Å². The van der Waals surface area contributed by atoms with Gasteiger partial charge in [0, 0.05) is 22.6 Å². The van der Waals surface area contributed by atoms with Crippen molar-refractivity contribution >= 4 is 23.4 Å². The maximum atomic E-state index is 11.2. The molecule has 2 rings (SSSR count). The van der Waals surface area contributed by atoms with Gasteiger partial charge in [0.05, 0.1) is 11.3 Å². The summed E-state index contributed by atoms with van der Waals surface area (Å²) < 4.78 is 0. The average molecular weight is 265 g/mol. The van der Waals surface area contributed by atoms with Crippen LogP contribution in [0.1, 0.15) is 33.5 Å². The summed E-state index contributed by atoms with van der Waals surface area (Å²) >= 11 is 1.75. The minimum atomic E-state index is -0.897. The lowest BCUT2D eigenvalue weighted by Gasteiger charge is -2.22. The zero-order valence-electron chi connectivity index (χ0n) is 10.6. The van der Waals surface area contributed by atoms with Gasteiger partial charge in [-0.25, -0.2) is 4.79 Å². The largest absolute Gasteiger partial charge is 0.478 e. The van der Waals surface area contributed by atoms with Crippen molar-refractivity contribution in [1.82, 2.24) is 0 Å². The maximum absolute atomic E-state index is 11.2. The summed E-state index contributed by atoms with van der Waals surface area (Å²) in [5.41, 5.74) is 3.88. The molecule has 0 saturated carbocycles. The van der Waals surface area contributed by atoms with Gasteiger partial charge in [0.15, 0.2) is 0 Å². The molecule has 1 aliphatic rings. The highest BCUT2D eigenvalue weighted by atomic mass is 32.2. The Labute approximate surface area is 110 Å². The molecule has 4 nitrogen and oxygen atoms in total. The molecule has 0 spiro atoms. The van der Waals surface area contributed by atoms with Gasteiger partial charge in [0.25, 0.3) is 0 Å². The molecule has 1 aliphatic heterocycles. The molecule has 1 heterocycles. The number of hydrogen-bond donors (Lipinski definition) is 1. The molecule has 0 bridgehead atoms. The molecule has 0 fully saturated rings. The van der Waals surface area contributed by atoms with Gasteiger partial charge in [-0.1, -0.05) is 5.16 Å². The van der Waals surface area contributed by atoms with Gasteiger partial charge in [-0.2, -0.15) is 0 Å². The predicted octanol–water partition coefficient (Wildman–Crippen LogP) is 2.85. The lowest BCUT2D eigenvalue weighted by Crippen LogP contribution is -2.16. The van der Waals surface area contributed by atoms with Crippen LogP contribution in [-0.2, 0) is 4.84 Å². The van der Waals surface area contributed by atoms with E-state index in [0.29, 0.717) is 5.56 Å². The van der Waals surface area contributed by atoms with E-state index in [1.54, 1.807) is 17.8 Å². The first-order valence-corrected chi connectivity index (χ1v) is 6.65. The van der Waals surface area contributed by atoms with Gasteiger partial charge in [0.2, 0.25) is 0 Å². The average Bonchev–Trinajstić information content (AvgIpc) is 2.33. The normalized spacial score (nSPS) is 16.5. The third-order valence-electron chi connectivity index (χ3n) is 3.03. The summed E-state index contributed by atoms with van der Waals surface area (Å²) in [6.45, 7) is 3.77. The Hall–Kier alpha value is -1.49. The number of benzene rings is 1. The maximum Gasteiger partial charge on any atom is 0.335 e. The van der Waals surface area contributed by atoms with Crippen molar-refractivity contribution < 1.29 is 14.7 Å². The second-order valence-electron chi connectivity index (χ2n) is 4.19. The summed E-state index contributed by atoms with van der Waals surface area (Å²) in [6, 6.07) is 1.74. The topological polar surface area (TPSA) is 58.9 Å². The molecule has 0 aromatic heterocycles. The Morgan fingerprint density at radius 2 is 2.22 bits per heavy atom. The van der Waals surface area contributed by atoms with Gasteiger partial charge in [0.1, 0.15) is 7.11 Å². The zero-order chi connectivity index (χ0) is 13.3. The number of aryl methyl sites for hydroxylation is 1. The van der Waals surface area contributed by atoms with Gasteiger partial charge in [-0.15, -0.1) is 11.8 Å². The number of aromatic carboxylic acids is 1. The molecule has 1 aromatic carbocycles. The van der Waals surface area contributed by atoms with Crippen LogP contribution < -0.4 is 0 Å². The van der Waals surface area contributed by atoms with Crippen LogP contribution in [0.25, 0.3) is 0 Å². The molecule has 0 unspecified atom stereocenters. The quantitative estimate of drug-likeness (QED) is 0.835. The third-order valence-corrected chi connectivity index (χ3v) is 4.25. The SMILES string of the molecule is CON=C1CCSc2c(C)cc(C(=O)O)c(C)c21. The van der Waals surface area contributed by atoms with E-state index < -0.39 is 5.97 Å². The van der Waals surface area contributed by atoms with Crippen LogP contribution in [0, 0.1) is 13.8 Å². The Bertz CT molecular complexity index is 538. The van der Waals surface area contributed by atoms with Crippen LogP contribution in [0.3, 0.4) is 0 Å². The molecule has 0 saturated heterocycles.